The number of nitrogens with zero attached hydrogens (tertiary/aromatic N) is 1. The summed E-state index contributed by atoms with van der Waals surface area (Å²) < 4.78 is 10.3. The predicted octanol–water partition coefficient (Wildman–Crippen LogP) is 4.20. The second-order valence-electron chi connectivity index (χ2n) is 5.88. The van der Waals surface area contributed by atoms with E-state index < -0.39 is 0 Å². The van der Waals surface area contributed by atoms with Gasteiger partial charge in [-0.2, -0.15) is 0 Å². The minimum Gasteiger partial charge on any atom is -0.497 e. The Hall–Kier alpha value is -2.82. The molecule has 0 bridgehead atoms. The molecular weight excluding hydrogens is 304 g/mol. The first-order valence-corrected chi connectivity index (χ1v) is 7.81. The smallest absolute Gasteiger partial charge is 0.231 e. The van der Waals surface area contributed by atoms with Crippen LogP contribution in [0.4, 0.5) is 5.69 Å². The Labute approximate surface area is 140 Å². The Morgan fingerprint density at radius 2 is 1.88 bits per heavy atom. The van der Waals surface area contributed by atoms with Crippen LogP contribution < -0.4 is 10.1 Å². The largest absolute Gasteiger partial charge is 0.497 e. The van der Waals surface area contributed by atoms with Gasteiger partial charge in [0.25, 0.3) is 0 Å². The molecule has 1 amide bonds. The van der Waals surface area contributed by atoms with Gasteiger partial charge >= 0.3 is 0 Å². The van der Waals surface area contributed by atoms with Crippen molar-refractivity contribution in [2.45, 2.75) is 26.7 Å². The molecule has 5 heteroatoms. The van der Waals surface area contributed by atoms with Crippen molar-refractivity contribution in [3.05, 3.63) is 53.4 Å². The zero-order valence-corrected chi connectivity index (χ0v) is 14.2. The third-order valence-electron chi connectivity index (χ3n) is 4.25. The maximum absolute atomic E-state index is 12.6. The Kier molecular flexibility index (Phi) is 4.25. The zero-order chi connectivity index (χ0) is 17.3. The summed E-state index contributed by atoms with van der Waals surface area (Å²) in [5.74, 6) is 1.06. The van der Waals surface area contributed by atoms with Gasteiger partial charge in [0.05, 0.1) is 13.0 Å². The number of ether oxygens (including phenoxy) is 1. The number of rotatable bonds is 4. The summed E-state index contributed by atoms with van der Waals surface area (Å²) in [6, 6.07) is 11.9. The summed E-state index contributed by atoms with van der Waals surface area (Å²) in [6.07, 6.45) is 0. The lowest BCUT2D eigenvalue weighted by molar-refractivity contribution is -0.117. The first kappa shape index (κ1) is 16.1. The number of aryl methyl sites for hydroxylation is 2. The highest BCUT2D eigenvalue weighted by Gasteiger charge is 2.19. The molecule has 0 fully saturated rings. The molecule has 1 atom stereocenters. The Morgan fingerprint density at radius 3 is 2.54 bits per heavy atom. The van der Waals surface area contributed by atoms with Gasteiger partial charge in [-0.25, -0.2) is 0 Å². The van der Waals surface area contributed by atoms with Gasteiger partial charge in [-0.05, 0) is 49.2 Å². The van der Waals surface area contributed by atoms with Crippen molar-refractivity contribution in [1.29, 1.82) is 0 Å². The highest BCUT2D eigenvalue weighted by atomic mass is 16.5. The van der Waals surface area contributed by atoms with Crippen molar-refractivity contribution in [3.8, 4) is 5.75 Å². The number of hydrogen-bond donors (Lipinski definition) is 1. The molecule has 0 aliphatic heterocycles. The van der Waals surface area contributed by atoms with Crippen LogP contribution in [0.5, 0.6) is 5.75 Å². The molecule has 5 nitrogen and oxygen atoms in total. The summed E-state index contributed by atoms with van der Waals surface area (Å²) in [7, 11) is 1.65. The lowest BCUT2D eigenvalue weighted by Crippen LogP contribution is -2.19. The van der Waals surface area contributed by atoms with E-state index in [1.54, 1.807) is 21.0 Å². The fourth-order valence-corrected chi connectivity index (χ4v) is 2.68. The summed E-state index contributed by atoms with van der Waals surface area (Å²) in [5.41, 5.74) is 2.29. The SMILES string of the molecule is COc1ccc2cc([C@@H](C)C(=O)Nc3c(C)noc3C)ccc2c1. The number of benzene rings is 2. The molecular formula is C19H20N2O3. The van der Waals surface area contributed by atoms with E-state index in [1.807, 2.05) is 43.3 Å². The third-order valence-corrected chi connectivity index (χ3v) is 4.25. The van der Waals surface area contributed by atoms with E-state index in [4.69, 9.17) is 9.26 Å². The fourth-order valence-electron chi connectivity index (χ4n) is 2.68. The van der Waals surface area contributed by atoms with Crippen molar-refractivity contribution in [1.82, 2.24) is 5.16 Å². The van der Waals surface area contributed by atoms with Gasteiger partial charge in [-0.1, -0.05) is 29.4 Å². The molecule has 0 unspecified atom stereocenters. The van der Waals surface area contributed by atoms with Gasteiger partial charge in [0.15, 0.2) is 5.76 Å². The van der Waals surface area contributed by atoms with E-state index in [-0.39, 0.29) is 11.8 Å². The summed E-state index contributed by atoms with van der Waals surface area (Å²) >= 11 is 0. The van der Waals surface area contributed by atoms with Crippen LogP contribution in [0.1, 0.15) is 29.9 Å². The lowest BCUT2D eigenvalue weighted by atomic mass is 9.97. The van der Waals surface area contributed by atoms with Crippen LogP contribution in [0.25, 0.3) is 10.8 Å². The average Bonchev–Trinajstić information content (AvgIpc) is 2.92. The number of fused-ring (bicyclic) bond motifs is 1. The van der Waals surface area contributed by atoms with Gasteiger partial charge in [0.2, 0.25) is 5.91 Å². The number of nitrogens with one attached hydrogen (secondary N) is 1. The van der Waals surface area contributed by atoms with Crippen LogP contribution in [0, 0.1) is 13.8 Å². The average molecular weight is 324 g/mol. The molecule has 0 saturated heterocycles. The molecule has 0 saturated carbocycles. The third kappa shape index (κ3) is 2.97. The Morgan fingerprint density at radius 1 is 1.17 bits per heavy atom. The molecule has 0 radical (unpaired) electrons. The van der Waals surface area contributed by atoms with Crippen LogP contribution in [-0.2, 0) is 4.79 Å². The summed E-state index contributed by atoms with van der Waals surface area (Å²) in [4.78, 5) is 12.6. The van der Waals surface area contributed by atoms with Crippen LogP contribution in [0.2, 0.25) is 0 Å². The van der Waals surface area contributed by atoms with Gasteiger partial charge in [-0.15, -0.1) is 0 Å². The van der Waals surface area contributed by atoms with Crippen LogP contribution in [-0.4, -0.2) is 18.2 Å². The molecule has 1 heterocycles. The van der Waals surface area contributed by atoms with Crippen molar-refractivity contribution < 1.29 is 14.1 Å². The standard InChI is InChI=1S/C19H20N2O3/c1-11(19(22)20-18-12(2)21-24-13(18)3)14-5-6-16-10-17(23-4)8-7-15(16)9-14/h5-11H,1-4H3,(H,20,22)/t11-/m1/s1. The quantitative estimate of drug-likeness (QED) is 0.781. The molecule has 0 spiro atoms. The topological polar surface area (TPSA) is 64.4 Å². The minimum absolute atomic E-state index is 0.0859. The van der Waals surface area contributed by atoms with E-state index in [9.17, 15) is 4.79 Å². The van der Waals surface area contributed by atoms with E-state index in [0.29, 0.717) is 17.1 Å². The minimum atomic E-state index is -0.287. The number of carbonyl (C=O) groups is 1. The first-order chi connectivity index (χ1) is 11.5. The highest BCUT2D eigenvalue weighted by Crippen LogP contribution is 2.27. The van der Waals surface area contributed by atoms with E-state index in [2.05, 4.69) is 10.5 Å². The Balaban J connectivity index is 1.85. The second-order valence-corrected chi connectivity index (χ2v) is 5.88. The second kappa shape index (κ2) is 6.35. The fraction of sp³-hybridized carbons (Fsp3) is 0.263. The summed E-state index contributed by atoms with van der Waals surface area (Å²) in [6.45, 7) is 5.47. The zero-order valence-electron chi connectivity index (χ0n) is 14.2. The van der Waals surface area contributed by atoms with Crippen molar-refractivity contribution in [3.63, 3.8) is 0 Å². The molecule has 2 aromatic carbocycles. The molecule has 0 aliphatic rings. The molecule has 124 valence electrons. The van der Waals surface area contributed by atoms with E-state index in [0.717, 1.165) is 22.1 Å². The van der Waals surface area contributed by atoms with Gasteiger partial charge in [0, 0.05) is 0 Å². The molecule has 1 N–H and O–H groups in total. The van der Waals surface area contributed by atoms with Crippen LogP contribution >= 0.6 is 0 Å². The maximum atomic E-state index is 12.6. The normalized spacial score (nSPS) is 12.2. The van der Waals surface area contributed by atoms with Crippen molar-refractivity contribution in [2.24, 2.45) is 0 Å². The molecule has 3 rings (SSSR count). The monoisotopic (exact) mass is 324 g/mol. The van der Waals surface area contributed by atoms with Gasteiger partial charge in [-0.3, -0.25) is 4.79 Å². The van der Waals surface area contributed by atoms with Crippen LogP contribution in [0.3, 0.4) is 0 Å². The molecule has 24 heavy (non-hydrogen) atoms. The number of carbonyl (C=O) groups excluding carboxylic acids is 1. The maximum Gasteiger partial charge on any atom is 0.231 e. The predicted molar refractivity (Wildman–Crippen MR) is 93.5 cm³/mol. The van der Waals surface area contributed by atoms with Gasteiger partial charge < -0.3 is 14.6 Å². The number of anilines is 1. The number of amides is 1. The lowest BCUT2D eigenvalue weighted by Gasteiger charge is -2.13. The van der Waals surface area contributed by atoms with Crippen molar-refractivity contribution in [2.75, 3.05) is 12.4 Å². The number of aromatic nitrogens is 1. The first-order valence-electron chi connectivity index (χ1n) is 7.81. The number of hydrogen-bond acceptors (Lipinski definition) is 4. The molecule has 1 aromatic heterocycles. The van der Waals surface area contributed by atoms with Crippen LogP contribution in [0.15, 0.2) is 40.9 Å². The van der Waals surface area contributed by atoms with E-state index in [1.165, 1.54) is 0 Å². The summed E-state index contributed by atoms with van der Waals surface area (Å²) in [5, 5.41) is 8.92. The molecule has 3 aromatic rings. The van der Waals surface area contributed by atoms with Gasteiger partial charge in [0.1, 0.15) is 17.1 Å². The number of methoxy groups -OCH3 is 1. The van der Waals surface area contributed by atoms with Crippen molar-refractivity contribution >= 4 is 22.4 Å². The van der Waals surface area contributed by atoms with E-state index >= 15 is 0 Å². The molecule has 0 aliphatic carbocycles. The Bertz CT molecular complexity index is 879. The highest BCUT2D eigenvalue weighted by molar-refractivity contribution is 5.97.